The molecule has 3 heteroatoms. The normalized spacial score (nSPS) is 27.9. The van der Waals surface area contributed by atoms with Gasteiger partial charge in [-0.1, -0.05) is 20.8 Å². The third-order valence-corrected chi connectivity index (χ3v) is 5.06. The van der Waals surface area contributed by atoms with E-state index in [2.05, 4.69) is 50.0 Å². The number of rotatable bonds is 7. The lowest BCUT2D eigenvalue weighted by atomic mass is 9.91. The van der Waals surface area contributed by atoms with Crippen LogP contribution in [-0.4, -0.2) is 22.4 Å². The van der Waals surface area contributed by atoms with Crippen molar-refractivity contribution in [1.82, 2.24) is 15.1 Å². The van der Waals surface area contributed by atoms with Crippen LogP contribution >= 0.6 is 0 Å². The molecule has 1 aromatic heterocycles. The zero-order chi connectivity index (χ0) is 14.5. The van der Waals surface area contributed by atoms with E-state index >= 15 is 0 Å². The van der Waals surface area contributed by atoms with E-state index in [-0.39, 0.29) is 0 Å². The first-order valence-corrected chi connectivity index (χ1v) is 8.43. The highest BCUT2D eigenvalue weighted by molar-refractivity contribution is 5.03. The van der Waals surface area contributed by atoms with Crippen LogP contribution in [0.3, 0.4) is 0 Å². The Hall–Kier alpha value is -0.830. The fourth-order valence-electron chi connectivity index (χ4n) is 3.34. The van der Waals surface area contributed by atoms with Crippen LogP contribution in [0.1, 0.15) is 65.1 Å². The van der Waals surface area contributed by atoms with Gasteiger partial charge in [0.1, 0.15) is 0 Å². The van der Waals surface area contributed by atoms with Crippen LogP contribution in [-0.2, 0) is 6.42 Å². The molecule has 1 aliphatic rings. The van der Waals surface area contributed by atoms with Gasteiger partial charge in [-0.3, -0.25) is 4.68 Å². The summed E-state index contributed by atoms with van der Waals surface area (Å²) in [5, 5.41) is 8.47. The largest absolute Gasteiger partial charge is 0.314 e. The van der Waals surface area contributed by atoms with Gasteiger partial charge in [0.05, 0.1) is 5.69 Å². The Morgan fingerprint density at radius 3 is 2.90 bits per heavy atom. The maximum atomic E-state index is 4.76. The maximum absolute atomic E-state index is 4.76. The Bertz CT molecular complexity index is 399. The van der Waals surface area contributed by atoms with Crippen LogP contribution < -0.4 is 5.32 Å². The number of hydrogen-bond acceptors (Lipinski definition) is 2. The standard InChI is InChI=1S/C17H31N3/c1-5-10-18-17-8-7-15(14(17)4)12-16-9-11-20(19-16)13(3)6-2/h9,11,13-15,17-18H,5-8,10,12H2,1-4H3. The first kappa shape index (κ1) is 15.6. The van der Waals surface area contributed by atoms with Gasteiger partial charge >= 0.3 is 0 Å². The van der Waals surface area contributed by atoms with Crippen LogP contribution in [0.25, 0.3) is 0 Å². The van der Waals surface area contributed by atoms with Gasteiger partial charge in [-0.15, -0.1) is 0 Å². The summed E-state index contributed by atoms with van der Waals surface area (Å²) in [6.45, 7) is 10.3. The average molecular weight is 277 g/mol. The third kappa shape index (κ3) is 3.63. The van der Waals surface area contributed by atoms with Gasteiger partial charge in [0.25, 0.3) is 0 Å². The van der Waals surface area contributed by atoms with E-state index in [9.17, 15) is 0 Å². The lowest BCUT2D eigenvalue weighted by molar-refractivity contribution is 0.348. The summed E-state index contributed by atoms with van der Waals surface area (Å²) in [6.07, 6.45) is 8.35. The molecule has 1 saturated carbocycles. The molecule has 0 saturated heterocycles. The molecule has 1 fully saturated rings. The lowest BCUT2D eigenvalue weighted by Gasteiger charge is -2.21. The molecule has 4 atom stereocenters. The lowest BCUT2D eigenvalue weighted by Crippen LogP contribution is -2.33. The van der Waals surface area contributed by atoms with E-state index in [4.69, 9.17) is 5.10 Å². The van der Waals surface area contributed by atoms with E-state index in [1.165, 1.54) is 25.0 Å². The summed E-state index contributed by atoms with van der Waals surface area (Å²) < 4.78 is 2.13. The van der Waals surface area contributed by atoms with Crippen molar-refractivity contribution in [2.24, 2.45) is 11.8 Å². The molecule has 0 aliphatic heterocycles. The van der Waals surface area contributed by atoms with Gasteiger partial charge in [-0.05, 0) is 63.5 Å². The van der Waals surface area contributed by atoms with E-state index < -0.39 is 0 Å². The molecular weight excluding hydrogens is 246 g/mol. The molecule has 3 nitrogen and oxygen atoms in total. The molecule has 1 aliphatic carbocycles. The Kier molecular flexibility index (Phi) is 5.64. The van der Waals surface area contributed by atoms with E-state index in [1.807, 2.05) is 0 Å². The van der Waals surface area contributed by atoms with Crippen molar-refractivity contribution in [3.05, 3.63) is 18.0 Å². The molecule has 20 heavy (non-hydrogen) atoms. The van der Waals surface area contributed by atoms with E-state index in [1.54, 1.807) is 0 Å². The van der Waals surface area contributed by atoms with Gasteiger partial charge in [0.15, 0.2) is 0 Å². The Morgan fingerprint density at radius 1 is 1.40 bits per heavy atom. The predicted molar refractivity (Wildman–Crippen MR) is 84.9 cm³/mol. The zero-order valence-electron chi connectivity index (χ0n) is 13.6. The molecule has 114 valence electrons. The second kappa shape index (κ2) is 7.26. The summed E-state index contributed by atoms with van der Waals surface area (Å²) in [7, 11) is 0. The molecule has 1 aromatic rings. The van der Waals surface area contributed by atoms with E-state index in [0.29, 0.717) is 6.04 Å². The Morgan fingerprint density at radius 2 is 2.20 bits per heavy atom. The summed E-state index contributed by atoms with van der Waals surface area (Å²) in [6, 6.07) is 3.45. The van der Waals surface area contributed by atoms with Gasteiger partial charge in [0.2, 0.25) is 0 Å². The first-order valence-electron chi connectivity index (χ1n) is 8.43. The Balaban J connectivity index is 1.89. The van der Waals surface area contributed by atoms with Gasteiger partial charge < -0.3 is 5.32 Å². The molecule has 0 bridgehead atoms. The van der Waals surface area contributed by atoms with Gasteiger partial charge in [0, 0.05) is 18.3 Å². The minimum Gasteiger partial charge on any atom is -0.314 e. The predicted octanol–water partition coefficient (Wildman–Crippen LogP) is 3.81. The number of aromatic nitrogens is 2. The van der Waals surface area contributed by atoms with Crippen molar-refractivity contribution in [2.45, 2.75) is 71.9 Å². The second-order valence-corrected chi connectivity index (χ2v) is 6.51. The molecule has 0 amide bonds. The Labute approximate surface area is 124 Å². The van der Waals surface area contributed by atoms with Crippen LogP contribution in [0.4, 0.5) is 0 Å². The molecule has 0 spiro atoms. The summed E-state index contributed by atoms with van der Waals surface area (Å²) in [4.78, 5) is 0. The maximum Gasteiger partial charge on any atom is 0.0627 e. The van der Waals surface area contributed by atoms with Crippen LogP contribution in [0.5, 0.6) is 0 Å². The number of nitrogens with zero attached hydrogens (tertiary/aromatic N) is 2. The minimum atomic E-state index is 0.517. The van der Waals surface area contributed by atoms with Gasteiger partial charge in [-0.25, -0.2) is 0 Å². The van der Waals surface area contributed by atoms with Crippen LogP contribution in [0.15, 0.2) is 12.3 Å². The third-order valence-electron chi connectivity index (χ3n) is 5.06. The monoisotopic (exact) mass is 277 g/mol. The summed E-state index contributed by atoms with van der Waals surface area (Å²) in [5.41, 5.74) is 1.28. The summed E-state index contributed by atoms with van der Waals surface area (Å²) in [5.74, 6) is 1.57. The number of hydrogen-bond donors (Lipinski definition) is 1. The topological polar surface area (TPSA) is 29.9 Å². The van der Waals surface area contributed by atoms with Crippen molar-refractivity contribution in [3.8, 4) is 0 Å². The second-order valence-electron chi connectivity index (χ2n) is 6.51. The minimum absolute atomic E-state index is 0.517. The smallest absolute Gasteiger partial charge is 0.0627 e. The fraction of sp³-hybridized carbons (Fsp3) is 0.824. The quantitative estimate of drug-likeness (QED) is 0.821. The number of nitrogens with one attached hydrogen (secondary N) is 1. The SMILES string of the molecule is CCCNC1CCC(Cc2ccn(C(C)CC)n2)C1C. The molecule has 4 unspecified atom stereocenters. The van der Waals surface area contributed by atoms with Crippen LogP contribution in [0, 0.1) is 11.8 Å². The molecule has 0 aromatic carbocycles. The van der Waals surface area contributed by atoms with E-state index in [0.717, 1.165) is 37.3 Å². The molecular formula is C17H31N3. The average Bonchev–Trinajstić information content (AvgIpc) is 3.05. The highest BCUT2D eigenvalue weighted by Crippen LogP contribution is 2.34. The van der Waals surface area contributed by atoms with Crippen molar-refractivity contribution in [1.29, 1.82) is 0 Å². The van der Waals surface area contributed by atoms with Gasteiger partial charge in [-0.2, -0.15) is 5.10 Å². The highest BCUT2D eigenvalue weighted by atomic mass is 15.3. The molecule has 0 radical (unpaired) electrons. The van der Waals surface area contributed by atoms with Crippen molar-refractivity contribution < 1.29 is 0 Å². The molecule has 2 rings (SSSR count). The van der Waals surface area contributed by atoms with Crippen molar-refractivity contribution >= 4 is 0 Å². The zero-order valence-corrected chi connectivity index (χ0v) is 13.6. The highest BCUT2D eigenvalue weighted by Gasteiger charge is 2.32. The first-order chi connectivity index (χ1) is 9.65. The van der Waals surface area contributed by atoms with Crippen molar-refractivity contribution in [3.63, 3.8) is 0 Å². The summed E-state index contributed by atoms with van der Waals surface area (Å²) >= 11 is 0. The molecule has 1 N–H and O–H groups in total. The van der Waals surface area contributed by atoms with Crippen molar-refractivity contribution in [2.75, 3.05) is 6.54 Å². The molecule has 1 heterocycles. The fourth-order valence-corrected chi connectivity index (χ4v) is 3.34. The van der Waals surface area contributed by atoms with Crippen LogP contribution in [0.2, 0.25) is 0 Å².